The van der Waals surface area contributed by atoms with Gasteiger partial charge in [-0.2, -0.15) is 0 Å². The SMILES string of the molecule is NSCC1CC2(CCC2)Oc2cc(F)ccc21. The third-order valence-corrected chi connectivity index (χ3v) is 4.52. The van der Waals surface area contributed by atoms with Crippen LogP contribution in [0.1, 0.15) is 37.2 Å². The van der Waals surface area contributed by atoms with Gasteiger partial charge in [-0.05, 0) is 37.3 Å². The van der Waals surface area contributed by atoms with Crippen LogP contribution in [0.5, 0.6) is 5.75 Å². The smallest absolute Gasteiger partial charge is 0.126 e. The largest absolute Gasteiger partial charge is 0.487 e. The molecule has 1 aromatic carbocycles. The van der Waals surface area contributed by atoms with Crippen LogP contribution >= 0.6 is 11.9 Å². The predicted octanol–water partition coefficient (Wildman–Crippen LogP) is 3.22. The van der Waals surface area contributed by atoms with Crippen LogP contribution in [-0.4, -0.2) is 11.4 Å². The molecule has 1 spiro atoms. The second-order valence-corrected chi connectivity index (χ2v) is 5.72. The summed E-state index contributed by atoms with van der Waals surface area (Å²) >= 11 is 1.36. The van der Waals surface area contributed by atoms with Gasteiger partial charge in [0.15, 0.2) is 0 Å². The minimum atomic E-state index is -0.223. The van der Waals surface area contributed by atoms with E-state index < -0.39 is 0 Å². The monoisotopic (exact) mass is 253 g/mol. The third kappa shape index (κ3) is 1.93. The van der Waals surface area contributed by atoms with E-state index in [1.165, 1.54) is 30.5 Å². The molecule has 0 bridgehead atoms. The number of hydrogen-bond donors (Lipinski definition) is 1. The second kappa shape index (κ2) is 4.18. The van der Waals surface area contributed by atoms with Crippen molar-refractivity contribution in [2.24, 2.45) is 5.14 Å². The number of rotatable bonds is 2. The summed E-state index contributed by atoms with van der Waals surface area (Å²) in [6, 6.07) is 4.87. The maximum atomic E-state index is 13.3. The highest BCUT2D eigenvalue weighted by Crippen LogP contribution is 2.50. The van der Waals surface area contributed by atoms with Gasteiger partial charge < -0.3 is 4.74 Å². The molecule has 3 rings (SSSR count). The van der Waals surface area contributed by atoms with Gasteiger partial charge in [0, 0.05) is 17.7 Å². The summed E-state index contributed by atoms with van der Waals surface area (Å²) in [6.07, 6.45) is 4.42. The lowest BCUT2D eigenvalue weighted by Crippen LogP contribution is -2.47. The predicted molar refractivity (Wildman–Crippen MR) is 67.6 cm³/mol. The Labute approximate surface area is 105 Å². The van der Waals surface area contributed by atoms with Crippen molar-refractivity contribution in [3.63, 3.8) is 0 Å². The highest BCUT2D eigenvalue weighted by molar-refractivity contribution is 7.97. The van der Waals surface area contributed by atoms with E-state index in [1.54, 1.807) is 0 Å². The Balaban J connectivity index is 1.96. The van der Waals surface area contributed by atoms with Crippen molar-refractivity contribution < 1.29 is 9.13 Å². The molecular weight excluding hydrogens is 237 g/mol. The van der Waals surface area contributed by atoms with Gasteiger partial charge in [-0.1, -0.05) is 18.0 Å². The highest BCUT2D eigenvalue weighted by atomic mass is 32.2. The van der Waals surface area contributed by atoms with E-state index in [2.05, 4.69) is 0 Å². The molecule has 1 fully saturated rings. The van der Waals surface area contributed by atoms with Crippen LogP contribution in [-0.2, 0) is 0 Å². The Morgan fingerprint density at radius 3 is 2.94 bits per heavy atom. The number of halogens is 1. The van der Waals surface area contributed by atoms with Crippen molar-refractivity contribution in [1.29, 1.82) is 0 Å². The molecule has 92 valence electrons. The first-order valence-corrected chi connectivity index (χ1v) is 7.07. The molecule has 0 aromatic heterocycles. The fourth-order valence-corrected chi connectivity index (χ4v) is 3.44. The Hall–Kier alpha value is -0.740. The molecule has 2 nitrogen and oxygen atoms in total. The van der Waals surface area contributed by atoms with Gasteiger partial charge >= 0.3 is 0 Å². The molecule has 1 aromatic rings. The van der Waals surface area contributed by atoms with Crippen LogP contribution in [0, 0.1) is 5.82 Å². The van der Waals surface area contributed by atoms with Crippen LogP contribution in [0.3, 0.4) is 0 Å². The fraction of sp³-hybridized carbons (Fsp3) is 0.538. The van der Waals surface area contributed by atoms with E-state index in [1.807, 2.05) is 6.07 Å². The zero-order valence-corrected chi connectivity index (χ0v) is 10.4. The van der Waals surface area contributed by atoms with E-state index >= 15 is 0 Å². The molecule has 0 saturated heterocycles. The van der Waals surface area contributed by atoms with Crippen LogP contribution in [0.4, 0.5) is 4.39 Å². The molecule has 1 atom stereocenters. The molecule has 1 unspecified atom stereocenters. The van der Waals surface area contributed by atoms with E-state index in [0.29, 0.717) is 5.92 Å². The lowest BCUT2D eigenvalue weighted by molar-refractivity contribution is -0.0315. The first kappa shape index (κ1) is 11.4. The molecule has 4 heteroatoms. The molecular formula is C13H16FNOS. The molecule has 1 saturated carbocycles. The van der Waals surface area contributed by atoms with Gasteiger partial charge in [-0.25, -0.2) is 4.39 Å². The van der Waals surface area contributed by atoms with Gasteiger partial charge in [-0.15, -0.1) is 0 Å². The summed E-state index contributed by atoms with van der Waals surface area (Å²) < 4.78 is 19.3. The standard InChI is InChI=1S/C13H16FNOS/c14-10-2-3-11-9(8-17-15)7-13(4-1-5-13)16-12(11)6-10/h2-3,6,9H,1,4-5,7-8,15H2. The van der Waals surface area contributed by atoms with Crippen LogP contribution in [0.25, 0.3) is 0 Å². The quantitative estimate of drug-likeness (QED) is 0.822. The first-order valence-electron chi connectivity index (χ1n) is 6.03. The van der Waals surface area contributed by atoms with Gasteiger partial charge in [-0.3, -0.25) is 5.14 Å². The number of ether oxygens (including phenoxy) is 1. The van der Waals surface area contributed by atoms with E-state index in [-0.39, 0.29) is 11.4 Å². The van der Waals surface area contributed by atoms with Gasteiger partial charge in [0.25, 0.3) is 0 Å². The highest BCUT2D eigenvalue weighted by Gasteiger charge is 2.45. The minimum Gasteiger partial charge on any atom is -0.487 e. The molecule has 0 radical (unpaired) electrons. The van der Waals surface area contributed by atoms with E-state index in [9.17, 15) is 4.39 Å². The lowest BCUT2D eigenvalue weighted by atomic mass is 9.71. The van der Waals surface area contributed by atoms with Gasteiger partial charge in [0.1, 0.15) is 17.2 Å². The Kier molecular flexibility index (Phi) is 2.79. The number of hydrogen-bond acceptors (Lipinski definition) is 3. The first-order chi connectivity index (χ1) is 8.22. The van der Waals surface area contributed by atoms with Crippen molar-refractivity contribution in [3.8, 4) is 5.75 Å². The van der Waals surface area contributed by atoms with Crippen molar-refractivity contribution in [2.45, 2.75) is 37.2 Å². The van der Waals surface area contributed by atoms with Gasteiger partial charge in [0.2, 0.25) is 0 Å². The molecule has 2 N–H and O–H groups in total. The lowest BCUT2D eigenvalue weighted by Gasteiger charge is -2.47. The minimum absolute atomic E-state index is 0.0266. The van der Waals surface area contributed by atoms with Crippen molar-refractivity contribution in [3.05, 3.63) is 29.6 Å². The zero-order valence-electron chi connectivity index (χ0n) is 9.62. The number of fused-ring (bicyclic) bond motifs is 1. The maximum absolute atomic E-state index is 13.3. The molecule has 17 heavy (non-hydrogen) atoms. The Morgan fingerprint density at radius 1 is 1.47 bits per heavy atom. The summed E-state index contributed by atoms with van der Waals surface area (Å²) in [7, 11) is 0. The molecule has 1 heterocycles. The topological polar surface area (TPSA) is 35.2 Å². The summed E-state index contributed by atoms with van der Waals surface area (Å²) in [5.74, 6) is 1.79. The summed E-state index contributed by atoms with van der Waals surface area (Å²) in [5.41, 5.74) is 1.09. The fourth-order valence-electron chi connectivity index (χ4n) is 2.91. The summed E-state index contributed by atoms with van der Waals surface area (Å²) in [6.45, 7) is 0. The molecule has 0 amide bonds. The molecule has 1 aliphatic heterocycles. The van der Waals surface area contributed by atoms with Crippen LogP contribution in [0.2, 0.25) is 0 Å². The molecule has 1 aliphatic carbocycles. The molecule has 2 aliphatic rings. The van der Waals surface area contributed by atoms with Crippen LogP contribution in [0.15, 0.2) is 18.2 Å². The van der Waals surface area contributed by atoms with Crippen molar-refractivity contribution in [2.75, 3.05) is 5.75 Å². The van der Waals surface area contributed by atoms with Crippen LogP contribution < -0.4 is 9.88 Å². The van der Waals surface area contributed by atoms with E-state index in [4.69, 9.17) is 9.88 Å². The van der Waals surface area contributed by atoms with E-state index in [0.717, 1.165) is 36.3 Å². The van der Waals surface area contributed by atoms with Crippen molar-refractivity contribution >= 4 is 11.9 Å². The van der Waals surface area contributed by atoms with Crippen molar-refractivity contribution in [1.82, 2.24) is 0 Å². The third-order valence-electron chi connectivity index (χ3n) is 3.92. The average Bonchev–Trinajstić information content (AvgIpc) is 2.26. The summed E-state index contributed by atoms with van der Waals surface area (Å²) in [4.78, 5) is 0. The maximum Gasteiger partial charge on any atom is 0.126 e. The van der Waals surface area contributed by atoms with Gasteiger partial charge in [0.05, 0.1) is 0 Å². The zero-order chi connectivity index (χ0) is 11.9. The normalized spacial score (nSPS) is 24.9. The summed E-state index contributed by atoms with van der Waals surface area (Å²) in [5, 5.41) is 5.60. The Morgan fingerprint density at radius 2 is 2.29 bits per heavy atom. The number of nitrogens with two attached hydrogens (primary N) is 1. The average molecular weight is 253 g/mol. The number of benzene rings is 1. The Bertz CT molecular complexity index is 433. The second-order valence-electron chi connectivity index (χ2n) is 5.06.